The normalized spacial score (nSPS) is 13.7. The third-order valence-electron chi connectivity index (χ3n) is 4.57. The van der Waals surface area contributed by atoms with Crippen molar-refractivity contribution in [1.29, 1.82) is 0 Å². The number of benzene rings is 2. The Labute approximate surface area is 173 Å². The summed E-state index contributed by atoms with van der Waals surface area (Å²) in [4.78, 5) is 22.1. The van der Waals surface area contributed by atoms with Gasteiger partial charge in [-0.2, -0.15) is 0 Å². The molecule has 1 aliphatic rings. The number of nitrogens with one attached hydrogen (secondary N) is 1. The third-order valence-corrected chi connectivity index (χ3v) is 6.38. The van der Waals surface area contributed by atoms with Gasteiger partial charge in [0.25, 0.3) is 0 Å². The summed E-state index contributed by atoms with van der Waals surface area (Å²) in [5.41, 5.74) is 2.07. The van der Waals surface area contributed by atoms with Crippen molar-refractivity contribution >= 4 is 39.0 Å². The molecule has 0 aliphatic carbocycles. The molecule has 2 heterocycles. The van der Waals surface area contributed by atoms with Gasteiger partial charge in [0, 0.05) is 11.8 Å². The number of amides is 2. The fourth-order valence-corrected chi connectivity index (χ4v) is 4.40. The molecular weight excluding hydrogens is 412 g/mol. The summed E-state index contributed by atoms with van der Waals surface area (Å²) in [5.74, 6) is 0.0850. The summed E-state index contributed by atoms with van der Waals surface area (Å²) in [6.07, 6.45) is 1.79. The maximum absolute atomic E-state index is 12.6. The Balaban J connectivity index is 1.56. The summed E-state index contributed by atoms with van der Waals surface area (Å²) >= 11 is 6.19. The van der Waals surface area contributed by atoms with Crippen LogP contribution in [0.5, 0.6) is 0 Å². The number of anilines is 2. The van der Waals surface area contributed by atoms with E-state index in [2.05, 4.69) is 15.3 Å². The van der Waals surface area contributed by atoms with E-state index in [9.17, 15) is 13.2 Å². The minimum atomic E-state index is -3.69. The minimum absolute atomic E-state index is 0.116. The van der Waals surface area contributed by atoms with Crippen LogP contribution in [0.4, 0.5) is 16.3 Å². The number of nitrogens with zero attached hydrogens (tertiary/aromatic N) is 3. The number of carbonyl (C=O) groups is 1. The Hall–Kier alpha value is -2.97. The average Bonchev–Trinajstić information content (AvgIpc) is 2.73. The predicted octanol–water partition coefficient (Wildman–Crippen LogP) is 3.70. The van der Waals surface area contributed by atoms with Gasteiger partial charge in [0.1, 0.15) is 5.82 Å². The van der Waals surface area contributed by atoms with Gasteiger partial charge in [0.2, 0.25) is 15.0 Å². The monoisotopic (exact) mass is 428 g/mol. The van der Waals surface area contributed by atoms with E-state index in [0.29, 0.717) is 22.7 Å². The molecule has 0 atom stereocenters. The Kier molecular flexibility index (Phi) is 5.21. The molecule has 4 rings (SSSR count). The molecule has 2 aromatic carbocycles. The number of para-hydroxylation sites is 1. The molecule has 148 valence electrons. The lowest BCUT2D eigenvalue weighted by molar-refractivity contribution is 0.256. The zero-order chi connectivity index (χ0) is 20.4. The lowest BCUT2D eigenvalue weighted by Gasteiger charge is -2.29. The lowest BCUT2D eigenvalue weighted by Crippen LogP contribution is -2.39. The molecule has 0 saturated heterocycles. The number of hydrogen-bond acceptors (Lipinski definition) is 5. The van der Waals surface area contributed by atoms with Gasteiger partial charge in [0.15, 0.2) is 0 Å². The van der Waals surface area contributed by atoms with Gasteiger partial charge in [0.05, 0.1) is 23.0 Å². The molecule has 0 fully saturated rings. The summed E-state index contributed by atoms with van der Waals surface area (Å²) in [6, 6.07) is 15.9. The van der Waals surface area contributed by atoms with Crippen molar-refractivity contribution in [3.05, 3.63) is 76.9 Å². The van der Waals surface area contributed by atoms with Crippen molar-refractivity contribution < 1.29 is 13.2 Å². The van der Waals surface area contributed by atoms with Crippen LogP contribution in [0.15, 0.2) is 66.0 Å². The largest absolute Gasteiger partial charge is 0.327 e. The van der Waals surface area contributed by atoms with E-state index < -0.39 is 15.9 Å². The molecule has 0 unspecified atom stereocenters. The molecule has 0 radical (unpaired) electrons. The highest BCUT2D eigenvalue weighted by Gasteiger charge is 2.28. The second-order valence-electron chi connectivity index (χ2n) is 6.55. The second kappa shape index (κ2) is 7.81. The van der Waals surface area contributed by atoms with Crippen LogP contribution in [0.2, 0.25) is 5.02 Å². The van der Waals surface area contributed by atoms with E-state index in [1.165, 1.54) is 11.1 Å². The van der Waals surface area contributed by atoms with Crippen molar-refractivity contribution in [2.45, 2.75) is 18.1 Å². The maximum atomic E-state index is 12.6. The van der Waals surface area contributed by atoms with Gasteiger partial charge in [-0.25, -0.2) is 23.2 Å². The predicted molar refractivity (Wildman–Crippen MR) is 111 cm³/mol. The number of rotatable bonds is 5. The molecule has 0 saturated carbocycles. The molecule has 7 nitrogen and oxygen atoms in total. The molecule has 2 amide bonds. The number of aromatic nitrogens is 2. The summed E-state index contributed by atoms with van der Waals surface area (Å²) in [5, 5.41) is 2.78. The van der Waals surface area contributed by atoms with E-state index in [1.54, 1.807) is 24.3 Å². The number of fused-ring (bicyclic) bond motifs is 1. The highest BCUT2D eigenvalue weighted by Crippen LogP contribution is 2.31. The van der Waals surface area contributed by atoms with Crippen LogP contribution in [0, 0.1) is 0 Å². The number of halogens is 1. The highest BCUT2D eigenvalue weighted by molar-refractivity contribution is 7.91. The van der Waals surface area contributed by atoms with Crippen LogP contribution in [0.3, 0.4) is 0 Å². The van der Waals surface area contributed by atoms with Crippen molar-refractivity contribution in [3.8, 4) is 0 Å². The van der Waals surface area contributed by atoms with E-state index in [1.807, 2.05) is 30.3 Å². The van der Waals surface area contributed by atoms with Gasteiger partial charge in [-0.05, 0) is 24.1 Å². The van der Waals surface area contributed by atoms with Crippen LogP contribution in [-0.2, 0) is 22.8 Å². The zero-order valence-corrected chi connectivity index (χ0v) is 16.8. The van der Waals surface area contributed by atoms with Gasteiger partial charge in [-0.1, -0.05) is 54.1 Å². The maximum Gasteiger partial charge on any atom is 0.327 e. The quantitative estimate of drug-likeness (QED) is 0.625. The van der Waals surface area contributed by atoms with Crippen molar-refractivity contribution in [1.82, 2.24) is 9.97 Å². The summed E-state index contributed by atoms with van der Waals surface area (Å²) in [6.45, 7) is 0.190. The molecule has 9 heteroatoms. The fourth-order valence-electron chi connectivity index (χ4n) is 3.03. The first-order valence-corrected chi connectivity index (χ1v) is 10.9. The van der Waals surface area contributed by atoms with Crippen LogP contribution in [-0.4, -0.2) is 30.2 Å². The standard InChI is InChI=1S/C20H17ClN4O3S/c21-16-8-4-5-9-17(16)25-13-15-12-22-19(23-18(15)24-20(25)26)29(27,28)11-10-14-6-2-1-3-7-14/h1-9,12H,10-11,13H2,(H,22,23,24,26). The molecule has 0 bridgehead atoms. The van der Waals surface area contributed by atoms with Crippen molar-refractivity contribution in [2.75, 3.05) is 16.0 Å². The number of aryl methyl sites for hydroxylation is 1. The number of carbonyl (C=O) groups excluding carboxylic acids is 1. The first-order chi connectivity index (χ1) is 13.9. The number of hydrogen-bond donors (Lipinski definition) is 1. The van der Waals surface area contributed by atoms with E-state index in [4.69, 9.17) is 11.6 Å². The molecule has 0 spiro atoms. The molecule has 3 aromatic rings. The van der Waals surface area contributed by atoms with Gasteiger partial charge in [-0.3, -0.25) is 10.2 Å². The molecule has 1 aliphatic heterocycles. The van der Waals surface area contributed by atoms with Gasteiger partial charge < -0.3 is 0 Å². The summed E-state index contributed by atoms with van der Waals surface area (Å²) in [7, 11) is -3.69. The molecular formula is C20H17ClN4O3S. The Morgan fingerprint density at radius 3 is 2.55 bits per heavy atom. The van der Waals surface area contributed by atoms with Crippen LogP contribution in [0.25, 0.3) is 0 Å². The summed E-state index contributed by atoms with van der Waals surface area (Å²) < 4.78 is 25.3. The fraction of sp³-hybridized carbons (Fsp3) is 0.150. The Morgan fingerprint density at radius 1 is 1.07 bits per heavy atom. The van der Waals surface area contributed by atoms with Crippen LogP contribution in [0.1, 0.15) is 11.1 Å². The van der Waals surface area contributed by atoms with Gasteiger partial charge >= 0.3 is 6.03 Å². The lowest BCUT2D eigenvalue weighted by atomic mass is 10.2. The van der Waals surface area contributed by atoms with E-state index >= 15 is 0 Å². The topological polar surface area (TPSA) is 92.3 Å². The SMILES string of the molecule is O=C1Nc2nc(S(=O)(=O)CCc3ccccc3)ncc2CN1c1ccccc1Cl. The molecule has 1 aromatic heterocycles. The van der Waals surface area contributed by atoms with Crippen LogP contribution >= 0.6 is 11.6 Å². The van der Waals surface area contributed by atoms with E-state index in [-0.39, 0.29) is 23.3 Å². The average molecular weight is 429 g/mol. The highest BCUT2D eigenvalue weighted by atomic mass is 35.5. The van der Waals surface area contributed by atoms with Gasteiger partial charge in [-0.15, -0.1) is 0 Å². The van der Waals surface area contributed by atoms with Crippen molar-refractivity contribution in [3.63, 3.8) is 0 Å². The number of sulfone groups is 1. The first kappa shape index (κ1) is 19.4. The van der Waals surface area contributed by atoms with E-state index in [0.717, 1.165) is 5.56 Å². The smallest absolute Gasteiger partial charge is 0.291 e. The second-order valence-corrected chi connectivity index (χ2v) is 8.96. The Bertz CT molecular complexity index is 1170. The first-order valence-electron chi connectivity index (χ1n) is 8.90. The van der Waals surface area contributed by atoms with Crippen LogP contribution < -0.4 is 10.2 Å². The Morgan fingerprint density at radius 2 is 1.79 bits per heavy atom. The van der Waals surface area contributed by atoms with Crippen molar-refractivity contribution in [2.24, 2.45) is 0 Å². The zero-order valence-electron chi connectivity index (χ0n) is 15.2. The molecule has 29 heavy (non-hydrogen) atoms. The number of urea groups is 1. The molecule has 1 N–H and O–H groups in total. The minimum Gasteiger partial charge on any atom is -0.291 e. The third kappa shape index (κ3) is 4.08.